The summed E-state index contributed by atoms with van der Waals surface area (Å²) in [5.41, 5.74) is 4.93. The number of aromatic nitrogens is 2. The summed E-state index contributed by atoms with van der Waals surface area (Å²) in [5.74, 6) is 0.548. The van der Waals surface area contributed by atoms with E-state index in [9.17, 15) is 4.79 Å². The summed E-state index contributed by atoms with van der Waals surface area (Å²) in [6.45, 7) is 4.79. The van der Waals surface area contributed by atoms with Crippen LogP contribution in [-0.4, -0.2) is 22.1 Å². The molecule has 0 aliphatic carbocycles. The number of hydrogen-bond donors (Lipinski definition) is 1. The largest absolute Gasteiger partial charge is 0.365 e. The van der Waals surface area contributed by atoms with Crippen molar-refractivity contribution in [1.29, 1.82) is 0 Å². The molecule has 0 saturated carbocycles. The summed E-state index contributed by atoms with van der Waals surface area (Å²) in [7, 11) is 0. The van der Waals surface area contributed by atoms with Crippen molar-refractivity contribution in [2.45, 2.75) is 32.9 Å². The smallest absolute Gasteiger partial charge is 0.279 e. The van der Waals surface area contributed by atoms with Gasteiger partial charge in [0, 0.05) is 18.3 Å². The minimum absolute atomic E-state index is 0.106. The highest BCUT2D eigenvalue weighted by Crippen LogP contribution is 2.32. The number of para-hydroxylation sites is 1. The van der Waals surface area contributed by atoms with E-state index in [0.29, 0.717) is 18.1 Å². The van der Waals surface area contributed by atoms with Crippen LogP contribution in [-0.2, 0) is 13.0 Å². The van der Waals surface area contributed by atoms with Gasteiger partial charge in [-0.2, -0.15) is 0 Å². The van der Waals surface area contributed by atoms with E-state index < -0.39 is 0 Å². The number of nitrogens with one attached hydrogen (secondary N) is 1. The van der Waals surface area contributed by atoms with Crippen LogP contribution in [0.5, 0.6) is 0 Å². The molecular weight excluding hydrogens is 336 g/mol. The third-order valence-electron chi connectivity index (χ3n) is 4.90. The average Bonchev–Trinajstić information content (AvgIpc) is 3.03. The first-order chi connectivity index (χ1) is 13.1. The van der Waals surface area contributed by atoms with Gasteiger partial charge in [-0.1, -0.05) is 48.0 Å². The van der Waals surface area contributed by atoms with Crippen LogP contribution in [0.4, 0.5) is 11.5 Å². The van der Waals surface area contributed by atoms with Gasteiger partial charge >= 0.3 is 0 Å². The van der Waals surface area contributed by atoms with E-state index in [2.05, 4.69) is 59.7 Å². The predicted octanol–water partition coefficient (Wildman–Crippen LogP) is 3.99. The van der Waals surface area contributed by atoms with Gasteiger partial charge in [-0.3, -0.25) is 4.79 Å². The Morgan fingerprint density at radius 1 is 1.07 bits per heavy atom. The Labute approximate surface area is 159 Å². The highest BCUT2D eigenvalue weighted by Gasteiger charge is 2.31. The monoisotopic (exact) mass is 358 g/mol. The number of aryl methyl sites for hydroxylation is 1. The highest BCUT2D eigenvalue weighted by molar-refractivity contribution is 6.06. The minimum atomic E-state index is -0.106. The zero-order chi connectivity index (χ0) is 18.8. The Morgan fingerprint density at radius 2 is 1.85 bits per heavy atom. The van der Waals surface area contributed by atoms with E-state index in [1.54, 1.807) is 12.1 Å². The number of carbonyl (C=O) groups excluding carboxylic acids is 1. The van der Waals surface area contributed by atoms with Gasteiger partial charge < -0.3 is 10.2 Å². The minimum Gasteiger partial charge on any atom is -0.365 e. The topological polar surface area (TPSA) is 58.1 Å². The second-order valence-electron chi connectivity index (χ2n) is 7.00. The van der Waals surface area contributed by atoms with Crippen molar-refractivity contribution in [2.24, 2.45) is 0 Å². The molecular formula is C22H22N4O. The molecule has 2 aromatic carbocycles. The molecule has 1 aliphatic heterocycles. The fourth-order valence-corrected chi connectivity index (χ4v) is 3.44. The van der Waals surface area contributed by atoms with Gasteiger partial charge in [0.15, 0.2) is 5.69 Å². The lowest BCUT2D eigenvalue weighted by Crippen LogP contribution is -2.36. The zero-order valence-electron chi connectivity index (χ0n) is 15.5. The summed E-state index contributed by atoms with van der Waals surface area (Å²) in [6, 6.07) is 20.0. The normalized spacial score (nSPS) is 15.5. The number of rotatable bonds is 4. The number of carbonyl (C=O) groups is 1. The molecule has 0 bridgehead atoms. The SMILES string of the molecule is Cc1ccc(CNc2ccc(C(=O)N3c4ccccc4CC3C)nn2)cc1. The highest BCUT2D eigenvalue weighted by atomic mass is 16.2. The number of fused-ring (bicyclic) bond motifs is 1. The lowest BCUT2D eigenvalue weighted by Gasteiger charge is -2.22. The molecule has 136 valence electrons. The molecule has 3 aromatic rings. The average molecular weight is 358 g/mol. The molecule has 1 unspecified atom stereocenters. The van der Waals surface area contributed by atoms with Crippen LogP contribution in [0.15, 0.2) is 60.7 Å². The van der Waals surface area contributed by atoms with Crippen molar-refractivity contribution >= 4 is 17.4 Å². The number of benzene rings is 2. The van der Waals surface area contributed by atoms with Gasteiger partial charge in [-0.05, 0) is 49.6 Å². The first-order valence-electron chi connectivity index (χ1n) is 9.16. The van der Waals surface area contributed by atoms with Gasteiger partial charge in [0.25, 0.3) is 5.91 Å². The first-order valence-corrected chi connectivity index (χ1v) is 9.16. The summed E-state index contributed by atoms with van der Waals surface area (Å²) in [4.78, 5) is 14.8. The van der Waals surface area contributed by atoms with Crippen molar-refractivity contribution in [1.82, 2.24) is 10.2 Å². The van der Waals surface area contributed by atoms with Crippen LogP contribution in [0.3, 0.4) is 0 Å². The molecule has 4 rings (SSSR count). The van der Waals surface area contributed by atoms with Crippen molar-refractivity contribution in [3.05, 3.63) is 83.0 Å². The fraction of sp³-hybridized carbons (Fsp3) is 0.227. The fourth-order valence-electron chi connectivity index (χ4n) is 3.44. The van der Waals surface area contributed by atoms with E-state index in [1.807, 2.05) is 23.1 Å². The van der Waals surface area contributed by atoms with Gasteiger partial charge in [-0.15, -0.1) is 10.2 Å². The van der Waals surface area contributed by atoms with Crippen molar-refractivity contribution in [3.8, 4) is 0 Å². The van der Waals surface area contributed by atoms with Crippen molar-refractivity contribution in [2.75, 3.05) is 10.2 Å². The zero-order valence-corrected chi connectivity index (χ0v) is 15.5. The number of nitrogens with zero attached hydrogens (tertiary/aromatic N) is 3. The van der Waals surface area contributed by atoms with Crippen LogP contribution in [0, 0.1) is 6.92 Å². The summed E-state index contributed by atoms with van der Waals surface area (Å²) >= 11 is 0. The van der Waals surface area contributed by atoms with E-state index in [-0.39, 0.29) is 11.9 Å². The molecule has 1 N–H and O–H groups in total. The van der Waals surface area contributed by atoms with Gasteiger partial charge in [0.1, 0.15) is 5.82 Å². The van der Waals surface area contributed by atoms with Crippen LogP contribution in [0.25, 0.3) is 0 Å². The Morgan fingerprint density at radius 3 is 2.59 bits per heavy atom. The third kappa shape index (κ3) is 3.53. The molecule has 1 amide bonds. The molecule has 1 atom stereocenters. The molecule has 1 aromatic heterocycles. The maximum Gasteiger partial charge on any atom is 0.279 e. The Balaban J connectivity index is 1.46. The van der Waals surface area contributed by atoms with E-state index >= 15 is 0 Å². The third-order valence-corrected chi connectivity index (χ3v) is 4.90. The molecule has 5 heteroatoms. The van der Waals surface area contributed by atoms with Crippen LogP contribution < -0.4 is 10.2 Å². The second kappa shape index (κ2) is 7.19. The Bertz CT molecular complexity index is 951. The Kier molecular flexibility index (Phi) is 4.59. The van der Waals surface area contributed by atoms with Gasteiger partial charge in [-0.25, -0.2) is 0 Å². The number of hydrogen-bond acceptors (Lipinski definition) is 4. The summed E-state index contributed by atoms with van der Waals surface area (Å²) < 4.78 is 0. The molecule has 0 fully saturated rings. The second-order valence-corrected chi connectivity index (χ2v) is 7.00. The Hall–Kier alpha value is -3.21. The molecule has 1 aliphatic rings. The van der Waals surface area contributed by atoms with E-state index in [4.69, 9.17) is 0 Å². The number of amides is 1. The number of anilines is 2. The molecule has 27 heavy (non-hydrogen) atoms. The predicted molar refractivity (Wildman–Crippen MR) is 107 cm³/mol. The first kappa shape index (κ1) is 17.2. The standard InChI is InChI=1S/C22H22N4O/c1-15-7-9-17(10-8-15)14-23-21-12-11-19(24-25-21)22(27)26-16(2)13-18-5-3-4-6-20(18)26/h3-12,16H,13-14H2,1-2H3,(H,23,25). The summed E-state index contributed by atoms with van der Waals surface area (Å²) in [5, 5.41) is 11.6. The molecule has 2 heterocycles. The molecule has 0 spiro atoms. The summed E-state index contributed by atoms with van der Waals surface area (Å²) in [6.07, 6.45) is 0.867. The molecule has 0 radical (unpaired) electrons. The van der Waals surface area contributed by atoms with Crippen LogP contribution >= 0.6 is 0 Å². The maximum absolute atomic E-state index is 12.9. The van der Waals surface area contributed by atoms with Crippen molar-refractivity contribution < 1.29 is 4.79 Å². The van der Waals surface area contributed by atoms with E-state index in [0.717, 1.165) is 12.1 Å². The van der Waals surface area contributed by atoms with Gasteiger partial charge in [0.2, 0.25) is 0 Å². The molecule has 5 nitrogen and oxygen atoms in total. The maximum atomic E-state index is 12.9. The quantitative estimate of drug-likeness (QED) is 0.766. The lowest BCUT2D eigenvalue weighted by molar-refractivity contribution is 0.0975. The van der Waals surface area contributed by atoms with E-state index in [1.165, 1.54) is 16.7 Å². The van der Waals surface area contributed by atoms with Crippen LogP contribution in [0.2, 0.25) is 0 Å². The van der Waals surface area contributed by atoms with Crippen LogP contribution in [0.1, 0.15) is 34.1 Å². The molecule has 0 saturated heterocycles. The lowest BCUT2D eigenvalue weighted by atomic mass is 10.1. The van der Waals surface area contributed by atoms with Crippen molar-refractivity contribution in [3.63, 3.8) is 0 Å². The van der Waals surface area contributed by atoms with Gasteiger partial charge in [0.05, 0.1) is 0 Å².